The van der Waals surface area contributed by atoms with Gasteiger partial charge in [0.25, 0.3) is 5.91 Å². The van der Waals surface area contributed by atoms with Crippen LogP contribution >= 0.6 is 0 Å². The molecule has 0 saturated heterocycles. The number of hydrogen-bond acceptors (Lipinski definition) is 6. The summed E-state index contributed by atoms with van der Waals surface area (Å²) in [6.45, 7) is 3.11. The molecule has 9 heteroatoms. The van der Waals surface area contributed by atoms with Crippen molar-refractivity contribution in [3.63, 3.8) is 0 Å². The SMILES string of the molecule is Cc1ccc(S(=O)(=O)N(C)C)cc1NC(=O)C(C)OC(=O)c1cccc(O)c1. The molecule has 8 nitrogen and oxygen atoms in total. The molecule has 2 aromatic carbocycles. The zero-order valence-electron chi connectivity index (χ0n) is 16.0. The van der Waals surface area contributed by atoms with Gasteiger partial charge in [0.2, 0.25) is 10.0 Å². The highest BCUT2D eigenvalue weighted by atomic mass is 32.2. The van der Waals surface area contributed by atoms with Crippen LogP contribution in [0.3, 0.4) is 0 Å². The average molecular weight is 406 g/mol. The molecule has 2 N–H and O–H groups in total. The molecule has 150 valence electrons. The summed E-state index contributed by atoms with van der Waals surface area (Å²) in [6.07, 6.45) is -1.14. The zero-order valence-corrected chi connectivity index (χ0v) is 16.8. The van der Waals surface area contributed by atoms with E-state index in [1.807, 2.05) is 0 Å². The standard InChI is InChI=1S/C19H22N2O6S/c1-12-8-9-16(28(25,26)21(3)4)11-17(12)20-18(23)13(2)27-19(24)14-6-5-7-15(22)10-14/h5-11,13,22H,1-4H3,(H,20,23). The molecule has 2 rings (SSSR count). The smallest absolute Gasteiger partial charge is 0.339 e. The number of phenols is 1. The number of rotatable bonds is 6. The van der Waals surface area contributed by atoms with Gasteiger partial charge >= 0.3 is 5.97 Å². The first-order valence-electron chi connectivity index (χ1n) is 8.36. The lowest BCUT2D eigenvalue weighted by Gasteiger charge is -2.17. The van der Waals surface area contributed by atoms with Crippen LogP contribution in [-0.4, -0.2) is 49.9 Å². The van der Waals surface area contributed by atoms with Crippen molar-refractivity contribution in [2.24, 2.45) is 0 Å². The predicted molar refractivity (Wildman–Crippen MR) is 104 cm³/mol. The van der Waals surface area contributed by atoms with Gasteiger partial charge in [-0.2, -0.15) is 0 Å². The van der Waals surface area contributed by atoms with Crippen molar-refractivity contribution in [3.05, 3.63) is 53.6 Å². The van der Waals surface area contributed by atoms with Crippen LogP contribution in [-0.2, 0) is 19.6 Å². The van der Waals surface area contributed by atoms with Gasteiger partial charge in [-0.3, -0.25) is 4.79 Å². The molecule has 0 aliphatic rings. The average Bonchev–Trinajstić information content (AvgIpc) is 2.63. The van der Waals surface area contributed by atoms with Crippen LogP contribution in [0.25, 0.3) is 0 Å². The number of hydrogen-bond donors (Lipinski definition) is 2. The number of benzene rings is 2. The molecule has 0 saturated carbocycles. The number of aryl methyl sites for hydroxylation is 1. The molecule has 0 radical (unpaired) electrons. The summed E-state index contributed by atoms with van der Waals surface area (Å²) >= 11 is 0. The Bertz CT molecular complexity index is 1000. The summed E-state index contributed by atoms with van der Waals surface area (Å²) in [5.41, 5.74) is 1.06. The Morgan fingerprint density at radius 3 is 2.43 bits per heavy atom. The molecular formula is C19H22N2O6S. The lowest BCUT2D eigenvalue weighted by Crippen LogP contribution is -2.30. The van der Waals surface area contributed by atoms with E-state index in [1.54, 1.807) is 13.0 Å². The first kappa shape index (κ1) is 21.4. The third-order valence-corrected chi connectivity index (χ3v) is 5.79. The van der Waals surface area contributed by atoms with E-state index in [2.05, 4.69) is 5.32 Å². The highest BCUT2D eigenvalue weighted by molar-refractivity contribution is 7.89. The molecule has 28 heavy (non-hydrogen) atoms. The first-order chi connectivity index (χ1) is 13.0. The molecule has 0 aliphatic heterocycles. The molecule has 2 aromatic rings. The third-order valence-electron chi connectivity index (χ3n) is 3.98. The Morgan fingerprint density at radius 2 is 1.82 bits per heavy atom. The molecule has 0 bridgehead atoms. The van der Waals surface area contributed by atoms with Crippen molar-refractivity contribution in [2.75, 3.05) is 19.4 Å². The number of amides is 1. The van der Waals surface area contributed by atoms with Crippen molar-refractivity contribution >= 4 is 27.6 Å². The van der Waals surface area contributed by atoms with Crippen LogP contribution in [0.2, 0.25) is 0 Å². The van der Waals surface area contributed by atoms with Crippen LogP contribution in [0.5, 0.6) is 5.75 Å². The number of anilines is 1. The van der Waals surface area contributed by atoms with Crippen LogP contribution in [0.15, 0.2) is 47.4 Å². The minimum absolute atomic E-state index is 0.0304. The van der Waals surface area contributed by atoms with Crippen molar-refractivity contribution in [1.29, 1.82) is 0 Å². The fourth-order valence-corrected chi connectivity index (χ4v) is 3.18. The maximum atomic E-state index is 12.4. The normalized spacial score (nSPS) is 12.5. The van der Waals surface area contributed by atoms with Crippen LogP contribution in [0.1, 0.15) is 22.8 Å². The number of sulfonamides is 1. The van der Waals surface area contributed by atoms with Gasteiger partial charge < -0.3 is 15.2 Å². The van der Waals surface area contributed by atoms with Gasteiger partial charge in [-0.05, 0) is 49.7 Å². The van der Waals surface area contributed by atoms with E-state index < -0.39 is 28.0 Å². The summed E-state index contributed by atoms with van der Waals surface area (Å²) < 4.78 is 30.7. The second kappa shape index (κ2) is 8.41. The lowest BCUT2D eigenvalue weighted by atomic mass is 10.2. The minimum Gasteiger partial charge on any atom is -0.508 e. The fraction of sp³-hybridized carbons (Fsp3) is 0.263. The largest absolute Gasteiger partial charge is 0.508 e. The third kappa shape index (κ3) is 4.87. The Labute approximate surface area is 163 Å². The Kier molecular flexibility index (Phi) is 6.42. The maximum absolute atomic E-state index is 12.4. The second-order valence-corrected chi connectivity index (χ2v) is 8.50. The summed E-state index contributed by atoms with van der Waals surface area (Å²) in [6, 6.07) is 9.95. The number of aromatic hydroxyl groups is 1. The van der Waals surface area contributed by atoms with Gasteiger partial charge in [0, 0.05) is 19.8 Å². The highest BCUT2D eigenvalue weighted by Gasteiger charge is 2.22. The van der Waals surface area contributed by atoms with E-state index in [0.717, 1.165) is 4.31 Å². The Balaban J connectivity index is 2.14. The monoisotopic (exact) mass is 406 g/mol. The quantitative estimate of drug-likeness (QED) is 0.711. The highest BCUT2D eigenvalue weighted by Crippen LogP contribution is 2.22. The van der Waals surface area contributed by atoms with E-state index >= 15 is 0 Å². The molecular weight excluding hydrogens is 384 g/mol. The number of esters is 1. The van der Waals surface area contributed by atoms with E-state index in [9.17, 15) is 23.1 Å². The molecule has 0 aliphatic carbocycles. The molecule has 0 heterocycles. The number of ether oxygens (including phenoxy) is 1. The van der Waals surface area contributed by atoms with Crippen molar-refractivity contribution in [2.45, 2.75) is 24.8 Å². The number of carbonyl (C=O) groups excluding carboxylic acids is 2. The predicted octanol–water partition coefficient (Wildman–Crippen LogP) is 2.13. The van der Waals surface area contributed by atoms with Crippen molar-refractivity contribution < 1.29 is 27.9 Å². The molecule has 0 fully saturated rings. The van der Waals surface area contributed by atoms with E-state index in [4.69, 9.17) is 4.74 Å². The topological polar surface area (TPSA) is 113 Å². The second-order valence-electron chi connectivity index (χ2n) is 6.35. The lowest BCUT2D eigenvalue weighted by molar-refractivity contribution is -0.123. The van der Waals surface area contributed by atoms with Gasteiger partial charge in [0.05, 0.1) is 10.5 Å². The molecule has 0 spiro atoms. The number of nitrogens with one attached hydrogen (secondary N) is 1. The van der Waals surface area contributed by atoms with E-state index in [1.165, 1.54) is 57.4 Å². The number of carbonyl (C=O) groups is 2. The molecule has 1 atom stereocenters. The van der Waals surface area contributed by atoms with Crippen LogP contribution < -0.4 is 5.32 Å². The van der Waals surface area contributed by atoms with Gasteiger partial charge in [0.1, 0.15) is 5.75 Å². The molecule has 1 unspecified atom stereocenters. The summed E-state index contributed by atoms with van der Waals surface area (Å²) in [5, 5.41) is 12.0. The van der Waals surface area contributed by atoms with Gasteiger partial charge in [-0.1, -0.05) is 12.1 Å². The first-order valence-corrected chi connectivity index (χ1v) is 9.80. The Hall–Kier alpha value is -2.91. The number of phenolic OH excluding ortho intramolecular Hbond substituents is 1. The van der Waals surface area contributed by atoms with Gasteiger partial charge in [-0.25, -0.2) is 17.5 Å². The number of nitrogens with zero attached hydrogens (tertiary/aromatic N) is 1. The van der Waals surface area contributed by atoms with E-state index in [0.29, 0.717) is 11.3 Å². The summed E-state index contributed by atoms with van der Waals surface area (Å²) in [5.74, 6) is -1.48. The van der Waals surface area contributed by atoms with Gasteiger partial charge in [0.15, 0.2) is 6.10 Å². The van der Waals surface area contributed by atoms with Crippen LogP contribution in [0.4, 0.5) is 5.69 Å². The minimum atomic E-state index is -3.66. The zero-order chi connectivity index (χ0) is 21.1. The van der Waals surface area contributed by atoms with Gasteiger partial charge in [-0.15, -0.1) is 0 Å². The molecule has 1 amide bonds. The summed E-state index contributed by atoms with van der Waals surface area (Å²) in [4.78, 5) is 24.5. The summed E-state index contributed by atoms with van der Waals surface area (Å²) in [7, 11) is -0.832. The molecule has 0 aromatic heterocycles. The Morgan fingerprint density at radius 1 is 1.14 bits per heavy atom. The van der Waals surface area contributed by atoms with Crippen LogP contribution in [0, 0.1) is 6.92 Å². The van der Waals surface area contributed by atoms with Crippen molar-refractivity contribution in [1.82, 2.24) is 4.31 Å². The van der Waals surface area contributed by atoms with E-state index in [-0.39, 0.29) is 16.2 Å². The maximum Gasteiger partial charge on any atom is 0.339 e. The fourth-order valence-electron chi connectivity index (χ4n) is 2.26. The van der Waals surface area contributed by atoms with Crippen molar-refractivity contribution in [3.8, 4) is 5.75 Å².